The predicted molar refractivity (Wildman–Crippen MR) is 65.8 cm³/mol. The zero-order chi connectivity index (χ0) is 14.0. The molecule has 0 fully saturated rings. The third-order valence-electron chi connectivity index (χ3n) is 2.59. The Morgan fingerprint density at radius 1 is 1.05 bits per heavy atom. The number of carbonyl (C=O) groups excluding carboxylic acids is 1. The average molecular weight is 285 g/mol. The van der Waals surface area contributed by atoms with Crippen molar-refractivity contribution in [2.45, 2.75) is 6.42 Å². The Bertz CT molecular complexity index is 641. The van der Waals surface area contributed by atoms with E-state index in [1.54, 1.807) is 24.3 Å². The SMILES string of the molecule is O=C(Cc1cccc(Cl)c1)c1ccc(F)c(F)c1F. The van der Waals surface area contributed by atoms with Crippen molar-refractivity contribution in [3.63, 3.8) is 0 Å². The van der Waals surface area contributed by atoms with Crippen molar-refractivity contribution in [2.24, 2.45) is 0 Å². The van der Waals surface area contributed by atoms with Crippen LogP contribution in [0.3, 0.4) is 0 Å². The molecule has 0 bridgehead atoms. The third kappa shape index (κ3) is 2.96. The van der Waals surface area contributed by atoms with Gasteiger partial charge in [0.05, 0.1) is 5.56 Å². The second-order valence-corrected chi connectivity index (χ2v) is 4.39. The monoisotopic (exact) mass is 284 g/mol. The average Bonchev–Trinajstić information content (AvgIpc) is 2.36. The van der Waals surface area contributed by atoms with E-state index in [0.29, 0.717) is 10.6 Å². The summed E-state index contributed by atoms with van der Waals surface area (Å²) >= 11 is 5.76. The van der Waals surface area contributed by atoms with Gasteiger partial charge in [0.25, 0.3) is 0 Å². The fraction of sp³-hybridized carbons (Fsp3) is 0.0714. The molecule has 0 amide bonds. The van der Waals surface area contributed by atoms with Gasteiger partial charge in [-0.05, 0) is 29.8 Å². The number of rotatable bonds is 3. The van der Waals surface area contributed by atoms with Crippen LogP contribution in [0.2, 0.25) is 5.02 Å². The maximum atomic E-state index is 13.4. The lowest BCUT2D eigenvalue weighted by atomic mass is 10.0. The molecule has 1 nitrogen and oxygen atoms in total. The van der Waals surface area contributed by atoms with Gasteiger partial charge in [0.2, 0.25) is 0 Å². The van der Waals surface area contributed by atoms with Crippen LogP contribution < -0.4 is 0 Å². The molecule has 0 aliphatic rings. The van der Waals surface area contributed by atoms with E-state index in [2.05, 4.69) is 0 Å². The summed E-state index contributed by atoms with van der Waals surface area (Å²) in [4.78, 5) is 11.8. The Labute approximate surface area is 112 Å². The first-order valence-corrected chi connectivity index (χ1v) is 5.78. The Hall–Kier alpha value is -1.81. The number of carbonyl (C=O) groups is 1. The van der Waals surface area contributed by atoms with Crippen LogP contribution in [0.1, 0.15) is 15.9 Å². The molecule has 5 heteroatoms. The molecule has 0 aliphatic heterocycles. The van der Waals surface area contributed by atoms with Crippen LogP contribution in [0, 0.1) is 17.5 Å². The van der Waals surface area contributed by atoms with Gasteiger partial charge < -0.3 is 0 Å². The van der Waals surface area contributed by atoms with E-state index in [0.717, 1.165) is 12.1 Å². The zero-order valence-electron chi connectivity index (χ0n) is 9.59. The van der Waals surface area contributed by atoms with E-state index in [4.69, 9.17) is 11.6 Å². The fourth-order valence-electron chi connectivity index (χ4n) is 1.67. The summed E-state index contributed by atoms with van der Waals surface area (Å²) in [6, 6.07) is 8.13. The van der Waals surface area contributed by atoms with Crippen LogP contribution in [0.15, 0.2) is 36.4 Å². The summed E-state index contributed by atoms with van der Waals surface area (Å²) < 4.78 is 39.2. The number of Topliss-reactive ketones (excluding diaryl/α,β-unsaturated/α-hetero) is 1. The van der Waals surface area contributed by atoms with Crippen LogP contribution in [-0.4, -0.2) is 5.78 Å². The first-order valence-electron chi connectivity index (χ1n) is 5.40. The summed E-state index contributed by atoms with van der Waals surface area (Å²) in [5.41, 5.74) is 0.0977. The van der Waals surface area contributed by atoms with Crippen LogP contribution in [0.4, 0.5) is 13.2 Å². The van der Waals surface area contributed by atoms with Gasteiger partial charge in [-0.3, -0.25) is 4.79 Å². The number of benzene rings is 2. The fourth-order valence-corrected chi connectivity index (χ4v) is 1.88. The van der Waals surface area contributed by atoms with Crippen LogP contribution in [0.5, 0.6) is 0 Å². The van der Waals surface area contributed by atoms with E-state index in [9.17, 15) is 18.0 Å². The smallest absolute Gasteiger partial charge is 0.195 e. The highest BCUT2D eigenvalue weighted by atomic mass is 35.5. The van der Waals surface area contributed by atoms with E-state index in [1.807, 2.05) is 0 Å². The maximum Gasteiger partial charge on any atom is 0.195 e. The minimum Gasteiger partial charge on any atom is -0.294 e. The molecule has 0 aromatic heterocycles. The van der Waals surface area contributed by atoms with E-state index in [-0.39, 0.29) is 6.42 Å². The molecule has 0 saturated heterocycles. The van der Waals surface area contributed by atoms with E-state index in [1.165, 1.54) is 0 Å². The van der Waals surface area contributed by atoms with Gasteiger partial charge in [-0.15, -0.1) is 0 Å². The molecule has 2 aromatic rings. The standard InChI is InChI=1S/C14H8ClF3O/c15-9-3-1-2-8(6-9)7-12(19)10-4-5-11(16)14(18)13(10)17/h1-6H,7H2. The summed E-state index contributed by atoms with van der Waals surface area (Å²) in [7, 11) is 0. The topological polar surface area (TPSA) is 17.1 Å². The zero-order valence-corrected chi connectivity index (χ0v) is 10.3. The minimum absolute atomic E-state index is 0.136. The molecule has 2 aromatic carbocycles. The molecular weight excluding hydrogens is 277 g/mol. The van der Waals surface area contributed by atoms with Crippen LogP contribution in [-0.2, 0) is 6.42 Å². The first-order chi connectivity index (χ1) is 8.99. The van der Waals surface area contributed by atoms with E-state index >= 15 is 0 Å². The van der Waals surface area contributed by atoms with Gasteiger partial charge in [-0.25, -0.2) is 13.2 Å². The van der Waals surface area contributed by atoms with Crippen LogP contribution in [0.25, 0.3) is 0 Å². The number of ketones is 1. The largest absolute Gasteiger partial charge is 0.294 e. The van der Waals surface area contributed by atoms with Crippen LogP contribution >= 0.6 is 11.6 Å². The molecule has 0 N–H and O–H groups in total. The van der Waals surface area contributed by atoms with Crippen molar-refractivity contribution in [2.75, 3.05) is 0 Å². The molecule has 0 radical (unpaired) electrons. The third-order valence-corrected chi connectivity index (χ3v) is 2.82. The highest BCUT2D eigenvalue weighted by Crippen LogP contribution is 2.18. The molecule has 19 heavy (non-hydrogen) atoms. The maximum absolute atomic E-state index is 13.4. The predicted octanol–water partition coefficient (Wildman–Crippen LogP) is 4.18. The second-order valence-electron chi connectivity index (χ2n) is 3.95. The van der Waals surface area contributed by atoms with Crippen molar-refractivity contribution in [1.82, 2.24) is 0 Å². The lowest BCUT2D eigenvalue weighted by Crippen LogP contribution is -2.08. The van der Waals surface area contributed by atoms with Crippen molar-refractivity contribution in [3.05, 3.63) is 70.0 Å². The van der Waals surface area contributed by atoms with Gasteiger partial charge in [0.1, 0.15) is 0 Å². The molecule has 0 spiro atoms. The first kappa shape index (κ1) is 13.6. The van der Waals surface area contributed by atoms with Gasteiger partial charge in [-0.1, -0.05) is 23.7 Å². The molecule has 0 saturated carbocycles. The van der Waals surface area contributed by atoms with Gasteiger partial charge >= 0.3 is 0 Å². The number of halogens is 4. The summed E-state index contributed by atoms with van der Waals surface area (Å²) in [5.74, 6) is -5.07. The molecule has 0 aliphatic carbocycles. The van der Waals surface area contributed by atoms with Gasteiger partial charge in [0.15, 0.2) is 23.2 Å². The molecule has 2 rings (SSSR count). The quantitative estimate of drug-likeness (QED) is 0.610. The Morgan fingerprint density at radius 3 is 2.47 bits per heavy atom. The summed E-state index contributed by atoms with van der Waals surface area (Å²) in [5, 5.41) is 0.441. The summed E-state index contributed by atoms with van der Waals surface area (Å²) in [6.45, 7) is 0. The normalized spacial score (nSPS) is 10.5. The lowest BCUT2D eigenvalue weighted by molar-refractivity contribution is 0.0988. The highest BCUT2D eigenvalue weighted by Gasteiger charge is 2.18. The van der Waals surface area contributed by atoms with Gasteiger partial charge in [0, 0.05) is 11.4 Å². The second kappa shape index (κ2) is 5.45. The molecule has 98 valence electrons. The molecule has 0 unspecified atom stereocenters. The minimum atomic E-state index is -1.64. The Kier molecular flexibility index (Phi) is 3.90. The summed E-state index contributed by atoms with van der Waals surface area (Å²) in [6.07, 6.45) is -0.136. The van der Waals surface area contributed by atoms with Crippen molar-refractivity contribution >= 4 is 17.4 Å². The van der Waals surface area contributed by atoms with Crippen molar-refractivity contribution in [1.29, 1.82) is 0 Å². The highest BCUT2D eigenvalue weighted by molar-refractivity contribution is 6.30. The number of hydrogen-bond acceptors (Lipinski definition) is 1. The Morgan fingerprint density at radius 2 is 1.79 bits per heavy atom. The molecule has 0 atom stereocenters. The Balaban J connectivity index is 2.28. The number of hydrogen-bond donors (Lipinski definition) is 0. The lowest BCUT2D eigenvalue weighted by Gasteiger charge is -2.04. The molecule has 0 heterocycles. The van der Waals surface area contributed by atoms with Crippen molar-refractivity contribution in [3.8, 4) is 0 Å². The molecular formula is C14H8ClF3O. The van der Waals surface area contributed by atoms with Crippen molar-refractivity contribution < 1.29 is 18.0 Å². The van der Waals surface area contributed by atoms with E-state index < -0.39 is 28.8 Å². The van der Waals surface area contributed by atoms with Gasteiger partial charge in [-0.2, -0.15) is 0 Å².